The van der Waals surface area contributed by atoms with E-state index in [1.807, 2.05) is 20.8 Å². The van der Waals surface area contributed by atoms with E-state index in [0.717, 1.165) is 6.07 Å². The molecular weight excluding hydrogens is 328 g/mol. The summed E-state index contributed by atoms with van der Waals surface area (Å²) in [5.74, 6) is -0.743. The largest absolute Gasteiger partial charge is 0.490 e. The fraction of sp³-hybridized carbons (Fsp3) is 0.316. The van der Waals surface area contributed by atoms with E-state index >= 15 is 0 Å². The van der Waals surface area contributed by atoms with Crippen molar-refractivity contribution in [3.63, 3.8) is 0 Å². The van der Waals surface area contributed by atoms with Crippen molar-refractivity contribution in [1.29, 1.82) is 0 Å². The topological polar surface area (TPSA) is 47.6 Å². The molecule has 0 atom stereocenters. The van der Waals surface area contributed by atoms with Crippen LogP contribution >= 0.6 is 0 Å². The van der Waals surface area contributed by atoms with Gasteiger partial charge in [-0.2, -0.15) is 0 Å². The summed E-state index contributed by atoms with van der Waals surface area (Å²) < 4.78 is 37.8. The van der Waals surface area contributed by atoms with Gasteiger partial charge < -0.3 is 14.8 Å². The van der Waals surface area contributed by atoms with E-state index in [1.54, 1.807) is 12.1 Å². The van der Waals surface area contributed by atoms with Crippen LogP contribution in [0.3, 0.4) is 0 Å². The highest BCUT2D eigenvalue weighted by molar-refractivity contribution is 6.04. The summed E-state index contributed by atoms with van der Waals surface area (Å²) in [5, 5.41) is 2.42. The number of amides is 1. The van der Waals surface area contributed by atoms with Gasteiger partial charge in [-0.1, -0.05) is 13.8 Å². The average molecular weight is 349 g/mol. The summed E-state index contributed by atoms with van der Waals surface area (Å²) in [6.07, 6.45) is 0. The maximum absolute atomic E-state index is 13.7. The van der Waals surface area contributed by atoms with Gasteiger partial charge in [0.05, 0.1) is 18.9 Å². The van der Waals surface area contributed by atoms with Crippen molar-refractivity contribution in [3.8, 4) is 11.5 Å². The molecule has 2 aromatic carbocycles. The lowest BCUT2D eigenvalue weighted by Crippen LogP contribution is -2.14. The molecule has 0 fully saturated rings. The van der Waals surface area contributed by atoms with E-state index in [0.29, 0.717) is 36.7 Å². The summed E-state index contributed by atoms with van der Waals surface area (Å²) in [7, 11) is 0. The van der Waals surface area contributed by atoms with Gasteiger partial charge >= 0.3 is 0 Å². The van der Waals surface area contributed by atoms with Gasteiger partial charge in [0.25, 0.3) is 5.91 Å². The number of carbonyl (C=O) groups is 1. The van der Waals surface area contributed by atoms with Gasteiger partial charge in [-0.15, -0.1) is 0 Å². The molecule has 0 aliphatic heterocycles. The summed E-state index contributed by atoms with van der Waals surface area (Å²) >= 11 is 0. The Morgan fingerprint density at radius 3 is 2.48 bits per heavy atom. The Labute approximate surface area is 145 Å². The number of benzene rings is 2. The maximum atomic E-state index is 13.7. The highest BCUT2D eigenvalue weighted by Crippen LogP contribution is 2.29. The Kier molecular flexibility index (Phi) is 6.33. The molecule has 0 saturated carbocycles. The van der Waals surface area contributed by atoms with Crippen molar-refractivity contribution in [2.45, 2.75) is 20.8 Å². The van der Waals surface area contributed by atoms with Crippen molar-refractivity contribution in [1.82, 2.24) is 0 Å². The van der Waals surface area contributed by atoms with Crippen LogP contribution < -0.4 is 14.8 Å². The number of halogens is 2. The van der Waals surface area contributed by atoms with E-state index in [2.05, 4.69) is 5.32 Å². The SMILES string of the molecule is CCOc1cc(C(=O)Nc2ccc(F)cc2F)ccc1OCC(C)C. The number of anilines is 1. The van der Waals surface area contributed by atoms with Gasteiger partial charge in [0, 0.05) is 11.6 Å². The van der Waals surface area contributed by atoms with Crippen molar-refractivity contribution in [2.24, 2.45) is 5.92 Å². The summed E-state index contributed by atoms with van der Waals surface area (Å²) in [6, 6.07) is 7.71. The molecule has 6 heteroatoms. The van der Waals surface area contributed by atoms with Crippen molar-refractivity contribution in [3.05, 3.63) is 53.6 Å². The second-order valence-electron chi connectivity index (χ2n) is 5.88. The van der Waals surface area contributed by atoms with Crippen LogP contribution in [-0.4, -0.2) is 19.1 Å². The third kappa shape index (κ3) is 5.17. The first-order valence-corrected chi connectivity index (χ1v) is 8.06. The van der Waals surface area contributed by atoms with E-state index in [9.17, 15) is 13.6 Å². The fourth-order valence-corrected chi connectivity index (χ4v) is 2.08. The molecule has 0 bridgehead atoms. The van der Waals surface area contributed by atoms with E-state index < -0.39 is 17.5 Å². The smallest absolute Gasteiger partial charge is 0.255 e. The molecule has 1 amide bonds. The molecule has 0 radical (unpaired) electrons. The first-order valence-electron chi connectivity index (χ1n) is 8.06. The highest BCUT2D eigenvalue weighted by atomic mass is 19.1. The van der Waals surface area contributed by atoms with Crippen LogP contribution in [0.2, 0.25) is 0 Å². The average Bonchev–Trinajstić information content (AvgIpc) is 2.56. The third-order valence-electron chi connectivity index (χ3n) is 3.26. The first kappa shape index (κ1) is 18.7. The lowest BCUT2D eigenvalue weighted by molar-refractivity contribution is 0.102. The lowest BCUT2D eigenvalue weighted by Gasteiger charge is -2.14. The minimum Gasteiger partial charge on any atom is -0.490 e. The number of ether oxygens (including phenoxy) is 2. The molecule has 4 nitrogen and oxygen atoms in total. The van der Waals surface area contributed by atoms with Gasteiger partial charge in [-0.05, 0) is 43.2 Å². The van der Waals surface area contributed by atoms with Crippen LogP contribution in [0.25, 0.3) is 0 Å². The Morgan fingerprint density at radius 2 is 1.84 bits per heavy atom. The molecule has 0 aliphatic rings. The number of hydrogen-bond donors (Lipinski definition) is 1. The molecule has 0 saturated heterocycles. The number of hydrogen-bond acceptors (Lipinski definition) is 3. The number of nitrogens with one attached hydrogen (secondary N) is 1. The van der Waals surface area contributed by atoms with Crippen LogP contribution in [0, 0.1) is 17.6 Å². The van der Waals surface area contributed by atoms with Gasteiger partial charge in [-0.3, -0.25) is 4.79 Å². The quantitative estimate of drug-likeness (QED) is 0.791. The molecule has 0 unspecified atom stereocenters. The molecule has 2 aromatic rings. The minimum absolute atomic E-state index is 0.0931. The van der Waals surface area contributed by atoms with Crippen molar-refractivity contribution < 1.29 is 23.0 Å². The zero-order valence-corrected chi connectivity index (χ0v) is 14.4. The van der Waals surface area contributed by atoms with Gasteiger partial charge in [0.15, 0.2) is 11.5 Å². The standard InChI is InChI=1S/C19H21F2NO3/c1-4-24-18-9-13(5-8-17(18)25-11-12(2)3)19(23)22-16-7-6-14(20)10-15(16)21/h5-10,12H,4,11H2,1-3H3,(H,22,23). The third-order valence-corrected chi connectivity index (χ3v) is 3.26. The Morgan fingerprint density at radius 1 is 1.08 bits per heavy atom. The monoisotopic (exact) mass is 349 g/mol. The van der Waals surface area contributed by atoms with Gasteiger partial charge in [-0.25, -0.2) is 8.78 Å². The number of rotatable bonds is 7. The molecule has 0 aromatic heterocycles. The molecule has 2 rings (SSSR count). The molecule has 25 heavy (non-hydrogen) atoms. The van der Waals surface area contributed by atoms with E-state index in [4.69, 9.17) is 9.47 Å². The first-order chi connectivity index (χ1) is 11.9. The van der Waals surface area contributed by atoms with E-state index in [-0.39, 0.29) is 11.3 Å². The summed E-state index contributed by atoms with van der Waals surface area (Å²) in [6.45, 7) is 6.81. The molecule has 0 aliphatic carbocycles. The zero-order chi connectivity index (χ0) is 18.4. The minimum atomic E-state index is -0.838. The Bertz CT molecular complexity index is 747. The van der Waals surface area contributed by atoms with Crippen LogP contribution in [-0.2, 0) is 0 Å². The van der Waals surface area contributed by atoms with E-state index in [1.165, 1.54) is 12.1 Å². The molecule has 0 heterocycles. The second-order valence-corrected chi connectivity index (χ2v) is 5.88. The molecule has 0 spiro atoms. The molecular formula is C19H21F2NO3. The van der Waals surface area contributed by atoms with Crippen LogP contribution in [0.5, 0.6) is 11.5 Å². The fourth-order valence-electron chi connectivity index (χ4n) is 2.08. The van der Waals surface area contributed by atoms with Gasteiger partial charge in [0.1, 0.15) is 11.6 Å². The van der Waals surface area contributed by atoms with Crippen LogP contribution in [0.15, 0.2) is 36.4 Å². The summed E-state index contributed by atoms with van der Waals surface area (Å²) in [5.41, 5.74) is 0.188. The van der Waals surface area contributed by atoms with Crippen molar-refractivity contribution in [2.75, 3.05) is 18.5 Å². The predicted octanol–water partition coefficient (Wildman–Crippen LogP) is 4.65. The molecule has 134 valence electrons. The Hall–Kier alpha value is -2.63. The maximum Gasteiger partial charge on any atom is 0.255 e. The summed E-state index contributed by atoms with van der Waals surface area (Å²) in [4.78, 5) is 12.3. The Balaban J connectivity index is 2.19. The van der Waals surface area contributed by atoms with Gasteiger partial charge in [0.2, 0.25) is 0 Å². The predicted molar refractivity (Wildman–Crippen MR) is 92.3 cm³/mol. The van der Waals surface area contributed by atoms with Crippen LogP contribution in [0.1, 0.15) is 31.1 Å². The van der Waals surface area contributed by atoms with Crippen LogP contribution in [0.4, 0.5) is 14.5 Å². The number of carbonyl (C=O) groups excluding carboxylic acids is 1. The van der Waals surface area contributed by atoms with Crippen molar-refractivity contribution >= 4 is 11.6 Å². The molecule has 1 N–H and O–H groups in total. The zero-order valence-electron chi connectivity index (χ0n) is 14.4. The lowest BCUT2D eigenvalue weighted by atomic mass is 10.1. The highest BCUT2D eigenvalue weighted by Gasteiger charge is 2.14. The second kappa shape index (κ2) is 8.46. The normalized spacial score (nSPS) is 10.6.